The standard InChI is InChI=1S/C10H6N6O2/c11-16-15-10(18)7-4-8(13-14-9(7)17)6-2-1-3-12-5-6/h1-5H,(H,14,17). The third-order valence-electron chi connectivity index (χ3n) is 2.13. The average Bonchev–Trinajstić information content (AvgIpc) is 2.40. The van der Waals surface area contributed by atoms with E-state index in [2.05, 4.69) is 25.2 Å². The number of amides is 1. The second-order valence-corrected chi connectivity index (χ2v) is 3.23. The van der Waals surface area contributed by atoms with E-state index in [9.17, 15) is 9.59 Å². The second-order valence-electron chi connectivity index (χ2n) is 3.23. The summed E-state index contributed by atoms with van der Waals surface area (Å²) in [5.74, 6) is -0.953. The Bertz CT molecular complexity index is 687. The fourth-order valence-corrected chi connectivity index (χ4v) is 1.32. The van der Waals surface area contributed by atoms with Crippen LogP contribution in [-0.4, -0.2) is 21.1 Å². The lowest BCUT2D eigenvalue weighted by atomic mass is 10.1. The molecule has 0 aliphatic heterocycles. The number of carbonyl (C=O) groups excluding carboxylic acids is 1. The lowest BCUT2D eigenvalue weighted by Crippen LogP contribution is -2.17. The van der Waals surface area contributed by atoms with Crippen molar-refractivity contribution >= 4 is 5.91 Å². The smallest absolute Gasteiger partial charge is 0.275 e. The number of rotatable bonds is 2. The van der Waals surface area contributed by atoms with Crippen molar-refractivity contribution in [2.45, 2.75) is 0 Å². The Hall–Kier alpha value is -2.99. The van der Waals surface area contributed by atoms with E-state index in [4.69, 9.17) is 5.53 Å². The average molecular weight is 242 g/mol. The van der Waals surface area contributed by atoms with Gasteiger partial charge in [0.15, 0.2) is 0 Å². The van der Waals surface area contributed by atoms with E-state index < -0.39 is 11.5 Å². The van der Waals surface area contributed by atoms with Gasteiger partial charge in [-0.15, -0.1) is 0 Å². The normalized spacial score (nSPS) is 9.56. The van der Waals surface area contributed by atoms with Crippen molar-refractivity contribution in [1.82, 2.24) is 15.2 Å². The summed E-state index contributed by atoms with van der Waals surface area (Å²) in [6.07, 6.45) is 3.11. The summed E-state index contributed by atoms with van der Waals surface area (Å²) in [6, 6.07) is 4.67. The molecule has 2 aromatic heterocycles. The molecule has 0 spiro atoms. The van der Waals surface area contributed by atoms with Gasteiger partial charge in [0.1, 0.15) is 0 Å². The lowest BCUT2D eigenvalue weighted by molar-refractivity contribution is 0.0998. The van der Waals surface area contributed by atoms with Crippen molar-refractivity contribution in [2.24, 2.45) is 5.11 Å². The number of nitrogens with zero attached hydrogens (tertiary/aromatic N) is 5. The maximum Gasteiger partial charge on any atom is 0.275 e. The van der Waals surface area contributed by atoms with Crippen LogP contribution in [0.4, 0.5) is 0 Å². The topological polar surface area (TPSA) is 124 Å². The van der Waals surface area contributed by atoms with Crippen LogP contribution in [-0.2, 0) is 0 Å². The molecule has 0 saturated carbocycles. The summed E-state index contributed by atoms with van der Waals surface area (Å²) in [5, 5.41) is 8.82. The number of aromatic nitrogens is 3. The number of azide groups is 1. The van der Waals surface area contributed by atoms with E-state index >= 15 is 0 Å². The molecule has 2 heterocycles. The molecule has 8 nitrogen and oxygen atoms in total. The van der Waals surface area contributed by atoms with Crippen LogP contribution in [0.2, 0.25) is 0 Å². The molecule has 0 atom stereocenters. The number of carbonyl (C=O) groups is 1. The summed E-state index contributed by atoms with van der Waals surface area (Å²) in [5.41, 5.74) is 8.19. The van der Waals surface area contributed by atoms with Gasteiger partial charge in [0.25, 0.3) is 11.5 Å². The van der Waals surface area contributed by atoms with Crippen molar-refractivity contribution in [2.75, 3.05) is 0 Å². The zero-order valence-corrected chi connectivity index (χ0v) is 8.94. The van der Waals surface area contributed by atoms with Gasteiger partial charge >= 0.3 is 0 Å². The number of H-pyrrole nitrogens is 1. The van der Waals surface area contributed by atoms with E-state index in [1.165, 1.54) is 12.3 Å². The Morgan fingerprint density at radius 2 is 2.33 bits per heavy atom. The molecule has 18 heavy (non-hydrogen) atoms. The van der Waals surface area contributed by atoms with Crippen LogP contribution in [0, 0.1) is 0 Å². The van der Waals surface area contributed by atoms with Gasteiger partial charge in [0.2, 0.25) is 0 Å². The zero-order chi connectivity index (χ0) is 13.0. The minimum Gasteiger partial charge on any atom is -0.287 e. The Labute approximate surface area is 99.9 Å². The highest BCUT2D eigenvalue weighted by atomic mass is 16.2. The van der Waals surface area contributed by atoms with Gasteiger partial charge in [0.05, 0.1) is 11.3 Å². The SMILES string of the molecule is [N-]=[N+]=NC(=O)c1cc(-c2cccnc2)n[nH]c1=O. The van der Waals surface area contributed by atoms with Crippen LogP contribution >= 0.6 is 0 Å². The minimum atomic E-state index is -0.953. The first kappa shape index (κ1) is 11.5. The summed E-state index contributed by atoms with van der Waals surface area (Å²) in [6.45, 7) is 0. The minimum absolute atomic E-state index is 0.262. The molecule has 0 aromatic carbocycles. The quantitative estimate of drug-likeness (QED) is 0.483. The molecule has 0 unspecified atom stereocenters. The van der Waals surface area contributed by atoms with Crippen LogP contribution in [0.1, 0.15) is 10.4 Å². The summed E-state index contributed by atoms with van der Waals surface area (Å²) in [4.78, 5) is 29.0. The van der Waals surface area contributed by atoms with Gasteiger partial charge in [-0.05, 0) is 28.8 Å². The first-order valence-electron chi connectivity index (χ1n) is 4.82. The number of nitrogens with one attached hydrogen (secondary N) is 1. The predicted octanol–water partition coefficient (Wildman–Crippen LogP) is 1.28. The monoisotopic (exact) mass is 242 g/mol. The highest BCUT2D eigenvalue weighted by molar-refractivity contribution is 5.95. The van der Waals surface area contributed by atoms with E-state index in [1.54, 1.807) is 18.3 Å². The first-order valence-corrected chi connectivity index (χ1v) is 4.82. The second kappa shape index (κ2) is 4.89. The molecular weight excluding hydrogens is 236 g/mol. The van der Waals surface area contributed by atoms with Crippen molar-refractivity contribution in [3.63, 3.8) is 0 Å². The molecule has 0 radical (unpaired) electrons. The summed E-state index contributed by atoms with van der Waals surface area (Å²) in [7, 11) is 0. The molecule has 8 heteroatoms. The number of hydrogen-bond donors (Lipinski definition) is 1. The maximum absolute atomic E-state index is 11.4. The van der Waals surface area contributed by atoms with Crippen LogP contribution in [0.15, 0.2) is 40.5 Å². The van der Waals surface area contributed by atoms with Gasteiger partial charge in [-0.3, -0.25) is 14.6 Å². The predicted molar refractivity (Wildman–Crippen MR) is 61.6 cm³/mol. The molecule has 2 aromatic rings. The number of pyridine rings is 1. The van der Waals surface area contributed by atoms with Crippen molar-refractivity contribution in [3.05, 3.63) is 57.0 Å². The third kappa shape index (κ3) is 2.23. The van der Waals surface area contributed by atoms with Crippen LogP contribution in [0.5, 0.6) is 0 Å². The molecule has 0 bridgehead atoms. The molecule has 2 rings (SSSR count). The highest BCUT2D eigenvalue weighted by Crippen LogP contribution is 2.14. The van der Waals surface area contributed by atoms with Gasteiger partial charge in [-0.2, -0.15) is 5.10 Å². The van der Waals surface area contributed by atoms with Crippen molar-refractivity contribution < 1.29 is 4.79 Å². The summed E-state index contributed by atoms with van der Waals surface area (Å²) < 4.78 is 0. The molecule has 88 valence electrons. The lowest BCUT2D eigenvalue weighted by Gasteiger charge is -2.00. The highest BCUT2D eigenvalue weighted by Gasteiger charge is 2.11. The Morgan fingerprint density at radius 3 is 3.00 bits per heavy atom. The van der Waals surface area contributed by atoms with Crippen LogP contribution in [0.25, 0.3) is 21.7 Å². The fraction of sp³-hybridized carbons (Fsp3) is 0. The van der Waals surface area contributed by atoms with E-state index in [-0.39, 0.29) is 5.56 Å². The molecule has 1 N–H and O–H groups in total. The first-order chi connectivity index (χ1) is 8.72. The molecule has 0 aliphatic carbocycles. The largest absolute Gasteiger partial charge is 0.287 e. The Morgan fingerprint density at radius 1 is 1.50 bits per heavy atom. The fourth-order valence-electron chi connectivity index (χ4n) is 1.32. The van der Waals surface area contributed by atoms with Gasteiger partial charge in [0, 0.05) is 22.9 Å². The zero-order valence-electron chi connectivity index (χ0n) is 8.94. The summed E-state index contributed by atoms with van der Waals surface area (Å²) >= 11 is 0. The number of aromatic amines is 1. The van der Waals surface area contributed by atoms with E-state index in [0.29, 0.717) is 11.3 Å². The molecule has 0 aliphatic rings. The third-order valence-corrected chi connectivity index (χ3v) is 2.13. The molecule has 0 fully saturated rings. The van der Waals surface area contributed by atoms with E-state index in [1.807, 2.05) is 0 Å². The molecule has 0 saturated heterocycles. The number of hydrogen-bond acceptors (Lipinski definition) is 4. The molecule has 1 amide bonds. The Kier molecular flexibility index (Phi) is 3.13. The van der Waals surface area contributed by atoms with Crippen molar-refractivity contribution in [3.8, 4) is 11.3 Å². The Balaban J connectivity index is 2.54. The molecular formula is C10H6N6O2. The van der Waals surface area contributed by atoms with Crippen LogP contribution < -0.4 is 5.56 Å². The van der Waals surface area contributed by atoms with Crippen LogP contribution in [0.3, 0.4) is 0 Å². The maximum atomic E-state index is 11.4. The van der Waals surface area contributed by atoms with Gasteiger partial charge < -0.3 is 0 Å². The van der Waals surface area contributed by atoms with Crippen molar-refractivity contribution in [1.29, 1.82) is 0 Å². The van der Waals surface area contributed by atoms with E-state index in [0.717, 1.165) is 0 Å². The van der Waals surface area contributed by atoms with Gasteiger partial charge in [-0.1, -0.05) is 0 Å². The van der Waals surface area contributed by atoms with Gasteiger partial charge in [-0.25, -0.2) is 5.10 Å².